The van der Waals surface area contributed by atoms with Crippen LogP contribution in [0.25, 0.3) is 0 Å². The maximum absolute atomic E-state index is 11.0. The van der Waals surface area contributed by atoms with Crippen molar-refractivity contribution in [3.05, 3.63) is 35.9 Å². The lowest BCUT2D eigenvalue weighted by molar-refractivity contribution is -0.136. The molecule has 0 bridgehead atoms. The van der Waals surface area contributed by atoms with E-state index in [0.717, 1.165) is 18.4 Å². The highest BCUT2D eigenvalue weighted by molar-refractivity contribution is 5.24. The summed E-state index contributed by atoms with van der Waals surface area (Å²) in [6.07, 6.45) is 2.18. The van der Waals surface area contributed by atoms with Crippen LogP contribution in [-0.4, -0.2) is 42.4 Å². The molecule has 1 aliphatic carbocycles. The summed E-state index contributed by atoms with van der Waals surface area (Å²) in [5.41, 5.74) is -0.0339. The number of methoxy groups -OCH3 is 1. The first kappa shape index (κ1) is 15.4. The zero-order valence-electron chi connectivity index (χ0n) is 12.0. The van der Waals surface area contributed by atoms with Gasteiger partial charge in [0, 0.05) is 19.4 Å². The molecule has 20 heavy (non-hydrogen) atoms. The lowest BCUT2D eigenvalue weighted by Gasteiger charge is -2.44. The van der Waals surface area contributed by atoms with Gasteiger partial charge in [0.1, 0.15) is 6.79 Å². The van der Waals surface area contributed by atoms with Gasteiger partial charge < -0.3 is 19.7 Å². The number of ether oxygens (including phenoxy) is 2. The van der Waals surface area contributed by atoms with Gasteiger partial charge in [0.25, 0.3) is 0 Å². The molecule has 0 radical (unpaired) electrons. The molecule has 1 unspecified atom stereocenters. The van der Waals surface area contributed by atoms with Crippen molar-refractivity contribution in [2.45, 2.75) is 43.3 Å². The molecule has 0 spiro atoms. The van der Waals surface area contributed by atoms with Crippen molar-refractivity contribution in [3.8, 4) is 0 Å². The molecule has 0 aliphatic heterocycles. The number of hydrogen-bond acceptors (Lipinski definition) is 4. The number of benzene rings is 1. The number of aliphatic hydroxyl groups excluding tert-OH is 1. The van der Waals surface area contributed by atoms with E-state index in [2.05, 4.69) is 0 Å². The normalized spacial score (nSPS) is 30.4. The Morgan fingerprint density at radius 2 is 2.00 bits per heavy atom. The fourth-order valence-electron chi connectivity index (χ4n) is 3.11. The SMILES string of the molecule is COCOCC[C@@]1(O)C(O)CCC[C@H]1c1ccccc1. The van der Waals surface area contributed by atoms with Crippen molar-refractivity contribution in [1.82, 2.24) is 0 Å². The monoisotopic (exact) mass is 280 g/mol. The molecule has 3 atom stereocenters. The second-order valence-electron chi connectivity index (χ2n) is 5.47. The van der Waals surface area contributed by atoms with Crippen molar-refractivity contribution in [3.63, 3.8) is 0 Å². The fraction of sp³-hybridized carbons (Fsp3) is 0.625. The molecule has 4 heteroatoms. The molecule has 1 fully saturated rings. The van der Waals surface area contributed by atoms with Gasteiger partial charge in [0.05, 0.1) is 18.3 Å². The Labute approximate surface area is 120 Å². The predicted molar refractivity (Wildman–Crippen MR) is 76.4 cm³/mol. The predicted octanol–water partition coefficient (Wildman–Crippen LogP) is 2.06. The molecule has 0 aromatic heterocycles. The van der Waals surface area contributed by atoms with Crippen LogP contribution in [0, 0.1) is 0 Å². The third-order valence-corrected chi connectivity index (χ3v) is 4.20. The highest BCUT2D eigenvalue weighted by atomic mass is 16.7. The van der Waals surface area contributed by atoms with Gasteiger partial charge in [-0.25, -0.2) is 0 Å². The van der Waals surface area contributed by atoms with E-state index >= 15 is 0 Å². The molecular formula is C16H24O4. The van der Waals surface area contributed by atoms with Crippen LogP contribution < -0.4 is 0 Å². The second-order valence-corrected chi connectivity index (χ2v) is 5.47. The zero-order valence-corrected chi connectivity index (χ0v) is 12.0. The first-order valence-electron chi connectivity index (χ1n) is 7.20. The maximum Gasteiger partial charge on any atom is 0.146 e. The van der Waals surface area contributed by atoms with E-state index < -0.39 is 11.7 Å². The van der Waals surface area contributed by atoms with Crippen LogP contribution in [0.3, 0.4) is 0 Å². The minimum atomic E-state index is -1.12. The third kappa shape index (κ3) is 3.38. The topological polar surface area (TPSA) is 58.9 Å². The van der Waals surface area contributed by atoms with Crippen molar-refractivity contribution in [2.75, 3.05) is 20.5 Å². The summed E-state index contributed by atoms with van der Waals surface area (Å²) in [5.74, 6) is -0.0430. The molecule has 4 nitrogen and oxygen atoms in total. The van der Waals surface area contributed by atoms with Crippen molar-refractivity contribution in [1.29, 1.82) is 0 Å². The molecule has 112 valence electrons. The van der Waals surface area contributed by atoms with Gasteiger partial charge in [-0.2, -0.15) is 0 Å². The largest absolute Gasteiger partial charge is 0.390 e. The van der Waals surface area contributed by atoms with E-state index in [1.165, 1.54) is 0 Å². The van der Waals surface area contributed by atoms with Crippen LogP contribution in [0.5, 0.6) is 0 Å². The third-order valence-electron chi connectivity index (χ3n) is 4.20. The molecule has 2 N–H and O–H groups in total. The zero-order chi connectivity index (χ0) is 14.4. The Balaban J connectivity index is 2.11. The van der Waals surface area contributed by atoms with Crippen LogP contribution in [0.15, 0.2) is 30.3 Å². The van der Waals surface area contributed by atoms with Crippen LogP contribution in [0.2, 0.25) is 0 Å². The van der Waals surface area contributed by atoms with Crippen molar-refractivity contribution >= 4 is 0 Å². The molecule has 1 saturated carbocycles. The Morgan fingerprint density at radius 3 is 2.70 bits per heavy atom. The first-order chi connectivity index (χ1) is 9.68. The maximum atomic E-state index is 11.0. The Morgan fingerprint density at radius 1 is 1.25 bits per heavy atom. The Bertz CT molecular complexity index is 395. The summed E-state index contributed by atoms with van der Waals surface area (Å²) in [5, 5.41) is 21.3. The minimum absolute atomic E-state index is 0.0430. The summed E-state index contributed by atoms with van der Waals surface area (Å²) < 4.78 is 10.1. The minimum Gasteiger partial charge on any atom is -0.390 e. The van der Waals surface area contributed by atoms with Crippen molar-refractivity contribution < 1.29 is 19.7 Å². The molecule has 0 saturated heterocycles. The fourth-order valence-corrected chi connectivity index (χ4v) is 3.11. The summed E-state index contributed by atoms with van der Waals surface area (Å²) in [7, 11) is 1.57. The standard InChI is InChI=1S/C16H24O4/c1-19-12-20-11-10-16(18)14(8-5-9-15(16)17)13-6-3-2-4-7-13/h2-4,6-7,14-15,17-18H,5,8-12H2,1H3/t14-,15?,16-/m0/s1. The highest BCUT2D eigenvalue weighted by Crippen LogP contribution is 2.43. The van der Waals surface area contributed by atoms with Crippen molar-refractivity contribution in [2.24, 2.45) is 0 Å². The summed E-state index contributed by atoms with van der Waals surface area (Å²) in [4.78, 5) is 0. The van der Waals surface area contributed by atoms with E-state index in [9.17, 15) is 10.2 Å². The van der Waals surface area contributed by atoms with Gasteiger partial charge in [-0.1, -0.05) is 36.8 Å². The van der Waals surface area contributed by atoms with E-state index in [-0.39, 0.29) is 12.7 Å². The van der Waals surface area contributed by atoms with Crippen LogP contribution in [0.1, 0.15) is 37.2 Å². The van der Waals surface area contributed by atoms with Crippen LogP contribution >= 0.6 is 0 Å². The van der Waals surface area contributed by atoms with Gasteiger partial charge in [-0.3, -0.25) is 0 Å². The van der Waals surface area contributed by atoms with E-state index in [1.54, 1.807) is 7.11 Å². The smallest absolute Gasteiger partial charge is 0.146 e. The molecule has 1 aromatic carbocycles. The summed E-state index contributed by atoms with van der Waals surface area (Å²) in [6.45, 7) is 0.590. The average Bonchev–Trinajstić information content (AvgIpc) is 2.48. The van der Waals surface area contributed by atoms with Gasteiger partial charge >= 0.3 is 0 Å². The second kappa shape index (κ2) is 7.18. The average molecular weight is 280 g/mol. The Kier molecular flexibility index (Phi) is 5.54. The number of hydrogen-bond donors (Lipinski definition) is 2. The van der Waals surface area contributed by atoms with Gasteiger partial charge in [0.2, 0.25) is 0 Å². The molecule has 0 heterocycles. The van der Waals surface area contributed by atoms with E-state index in [4.69, 9.17) is 9.47 Å². The Hall–Kier alpha value is -0.940. The first-order valence-corrected chi connectivity index (χ1v) is 7.20. The molecule has 1 aromatic rings. The molecule has 1 aliphatic rings. The van der Waals surface area contributed by atoms with Gasteiger partial charge in [0.15, 0.2) is 0 Å². The summed E-state index contributed by atoms with van der Waals surface area (Å²) in [6, 6.07) is 9.94. The quantitative estimate of drug-likeness (QED) is 0.618. The number of rotatable bonds is 6. The molecule has 0 amide bonds. The van der Waals surface area contributed by atoms with Gasteiger partial charge in [-0.05, 0) is 18.4 Å². The van der Waals surface area contributed by atoms with Crippen LogP contribution in [0.4, 0.5) is 0 Å². The number of aliphatic hydroxyl groups is 2. The van der Waals surface area contributed by atoms with Crippen LogP contribution in [-0.2, 0) is 9.47 Å². The van der Waals surface area contributed by atoms with E-state index in [0.29, 0.717) is 19.4 Å². The summed E-state index contributed by atoms with van der Waals surface area (Å²) >= 11 is 0. The molecular weight excluding hydrogens is 256 g/mol. The highest BCUT2D eigenvalue weighted by Gasteiger charge is 2.45. The lowest BCUT2D eigenvalue weighted by Crippen LogP contribution is -2.51. The van der Waals surface area contributed by atoms with E-state index in [1.807, 2.05) is 30.3 Å². The molecule has 2 rings (SSSR count). The van der Waals surface area contributed by atoms with Gasteiger partial charge in [-0.15, -0.1) is 0 Å². The lowest BCUT2D eigenvalue weighted by atomic mass is 9.69.